The molecule has 1 aliphatic heterocycles. The Morgan fingerprint density at radius 3 is 2.83 bits per heavy atom. The average molecular weight is 315 g/mol. The van der Waals surface area contributed by atoms with Crippen molar-refractivity contribution in [2.24, 2.45) is 11.7 Å². The lowest BCUT2D eigenvalue weighted by atomic mass is 10.1. The zero-order chi connectivity index (χ0) is 16.6. The number of fused-ring (bicyclic) bond motifs is 1. The molecule has 7 heteroatoms. The second-order valence-electron chi connectivity index (χ2n) is 6.17. The van der Waals surface area contributed by atoms with Crippen LogP contribution in [0.2, 0.25) is 0 Å². The summed E-state index contributed by atoms with van der Waals surface area (Å²) >= 11 is 0. The Morgan fingerprint density at radius 1 is 1.30 bits per heavy atom. The molecule has 122 valence electrons. The van der Waals surface area contributed by atoms with Crippen LogP contribution in [-0.2, 0) is 4.79 Å². The van der Waals surface area contributed by atoms with Crippen molar-refractivity contribution in [1.82, 2.24) is 19.8 Å². The van der Waals surface area contributed by atoms with Gasteiger partial charge in [0.1, 0.15) is 5.82 Å². The van der Waals surface area contributed by atoms with E-state index in [2.05, 4.69) is 9.97 Å². The fraction of sp³-hybridized carbons (Fsp3) is 0.438. The van der Waals surface area contributed by atoms with Crippen molar-refractivity contribution in [3.63, 3.8) is 0 Å². The number of aryl methyl sites for hydroxylation is 1. The van der Waals surface area contributed by atoms with Gasteiger partial charge in [0.2, 0.25) is 5.91 Å². The van der Waals surface area contributed by atoms with Crippen molar-refractivity contribution >= 4 is 22.8 Å². The van der Waals surface area contributed by atoms with Crippen LogP contribution in [0, 0.1) is 12.8 Å². The van der Waals surface area contributed by atoms with E-state index in [1.54, 1.807) is 11.0 Å². The molecular formula is C16H21N5O2. The molecule has 7 nitrogen and oxygen atoms in total. The fourth-order valence-corrected chi connectivity index (χ4v) is 2.99. The first kappa shape index (κ1) is 15.5. The van der Waals surface area contributed by atoms with Gasteiger partial charge in [0.25, 0.3) is 5.91 Å². The molecule has 0 saturated carbocycles. The lowest BCUT2D eigenvalue weighted by Gasteiger charge is -2.22. The van der Waals surface area contributed by atoms with Gasteiger partial charge in [-0.05, 0) is 32.2 Å². The van der Waals surface area contributed by atoms with Gasteiger partial charge in [-0.15, -0.1) is 0 Å². The van der Waals surface area contributed by atoms with E-state index in [0.717, 1.165) is 23.4 Å². The van der Waals surface area contributed by atoms with Gasteiger partial charge in [-0.3, -0.25) is 9.59 Å². The third-order valence-electron chi connectivity index (χ3n) is 4.26. The van der Waals surface area contributed by atoms with Crippen LogP contribution < -0.4 is 5.73 Å². The first-order chi connectivity index (χ1) is 10.9. The van der Waals surface area contributed by atoms with Crippen molar-refractivity contribution in [2.75, 3.05) is 33.2 Å². The van der Waals surface area contributed by atoms with Gasteiger partial charge in [-0.2, -0.15) is 0 Å². The van der Waals surface area contributed by atoms with Gasteiger partial charge < -0.3 is 20.5 Å². The average Bonchev–Trinajstić information content (AvgIpc) is 2.75. The monoisotopic (exact) mass is 315 g/mol. The Kier molecular flexibility index (Phi) is 4.04. The number of benzene rings is 1. The van der Waals surface area contributed by atoms with Gasteiger partial charge in [0.15, 0.2) is 0 Å². The van der Waals surface area contributed by atoms with Crippen LogP contribution in [0.3, 0.4) is 0 Å². The third kappa shape index (κ3) is 3.19. The molecule has 1 saturated heterocycles. The second kappa shape index (κ2) is 6.00. The highest BCUT2D eigenvalue weighted by Crippen LogP contribution is 2.17. The van der Waals surface area contributed by atoms with E-state index in [0.29, 0.717) is 25.2 Å². The number of carbonyl (C=O) groups is 2. The summed E-state index contributed by atoms with van der Waals surface area (Å²) in [7, 11) is 1.93. The number of nitrogens with two attached hydrogens (primary N) is 1. The molecule has 2 aromatic rings. The summed E-state index contributed by atoms with van der Waals surface area (Å²) in [6.07, 6.45) is 0. The summed E-state index contributed by atoms with van der Waals surface area (Å²) in [6.45, 7) is 4.13. The van der Waals surface area contributed by atoms with Gasteiger partial charge in [0, 0.05) is 31.7 Å². The summed E-state index contributed by atoms with van der Waals surface area (Å²) in [5.74, 6) is 0.0243. The van der Waals surface area contributed by atoms with Crippen LogP contribution in [0.15, 0.2) is 18.2 Å². The molecule has 23 heavy (non-hydrogen) atoms. The first-order valence-corrected chi connectivity index (χ1v) is 7.67. The molecule has 3 rings (SSSR count). The number of likely N-dealkylation sites (N-methyl/N-ethyl adjacent to an activating group) is 1. The van der Waals surface area contributed by atoms with E-state index in [-0.39, 0.29) is 17.7 Å². The fourth-order valence-electron chi connectivity index (χ4n) is 2.99. The van der Waals surface area contributed by atoms with Crippen molar-refractivity contribution < 1.29 is 9.59 Å². The number of rotatable bonds is 2. The van der Waals surface area contributed by atoms with Crippen molar-refractivity contribution in [3.05, 3.63) is 29.6 Å². The summed E-state index contributed by atoms with van der Waals surface area (Å²) in [4.78, 5) is 35.6. The van der Waals surface area contributed by atoms with E-state index in [1.165, 1.54) is 0 Å². The number of aromatic nitrogens is 2. The maximum atomic E-state index is 12.8. The molecule has 1 atom stereocenters. The van der Waals surface area contributed by atoms with Gasteiger partial charge >= 0.3 is 0 Å². The Hall–Kier alpha value is -2.41. The number of nitrogens with zero attached hydrogens (tertiary/aromatic N) is 3. The lowest BCUT2D eigenvalue weighted by Crippen LogP contribution is -2.40. The number of hydrogen-bond donors (Lipinski definition) is 2. The molecule has 1 aromatic carbocycles. The number of imidazole rings is 1. The Labute approximate surface area is 134 Å². The molecule has 1 aromatic heterocycles. The number of primary amides is 1. The van der Waals surface area contributed by atoms with E-state index < -0.39 is 0 Å². The van der Waals surface area contributed by atoms with Crippen molar-refractivity contribution in [3.8, 4) is 0 Å². The molecular weight excluding hydrogens is 294 g/mol. The minimum atomic E-state index is -0.365. The number of hydrogen-bond acceptors (Lipinski definition) is 4. The minimum absolute atomic E-state index is 0.0827. The standard InChI is InChI=1S/C16H21N5O2/c1-10-18-13-4-3-11(7-14(13)19-10)16(23)21-6-5-20(2)8-12(9-21)15(17)22/h3-4,7,12H,5-6,8-9H2,1-2H3,(H2,17,22)(H,18,19). The summed E-state index contributed by atoms with van der Waals surface area (Å²) < 4.78 is 0. The Balaban J connectivity index is 1.85. The van der Waals surface area contributed by atoms with Crippen LogP contribution in [0.4, 0.5) is 0 Å². The second-order valence-corrected chi connectivity index (χ2v) is 6.17. The molecule has 0 aliphatic carbocycles. The van der Waals surface area contributed by atoms with Gasteiger partial charge in [-0.1, -0.05) is 0 Å². The highest BCUT2D eigenvalue weighted by molar-refractivity contribution is 5.97. The normalized spacial score (nSPS) is 19.7. The molecule has 0 spiro atoms. The molecule has 2 amide bonds. The van der Waals surface area contributed by atoms with Gasteiger partial charge in [-0.25, -0.2) is 4.98 Å². The molecule has 2 heterocycles. The van der Waals surface area contributed by atoms with Crippen LogP contribution in [0.5, 0.6) is 0 Å². The van der Waals surface area contributed by atoms with Crippen LogP contribution in [0.25, 0.3) is 11.0 Å². The number of H-pyrrole nitrogens is 1. The van der Waals surface area contributed by atoms with E-state index in [9.17, 15) is 9.59 Å². The zero-order valence-electron chi connectivity index (χ0n) is 13.4. The predicted molar refractivity (Wildman–Crippen MR) is 86.9 cm³/mol. The van der Waals surface area contributed by atoms with Gasteiger partial charge in [0.05, 0.1) is 17.0 Å². The molecule has 3 N–H and O–H groups in total. The molecule has 0 radical (unpaired) electrons. The number of aromatic amines is 1. The van der Waals surface area contributed by atoms with E-state index in [4.69, 9.17) is 5.73 Å². The van der Waals surface area contributed by atoms with E-state index in [1.807, 2.05) is 31.0 Å². The van der Waals surface area contributed by atoms with Crippen molar-refractivity contribution in [2.45, 2.75) is 6.92 Å². The molecule has 1 aliphatic rings. The Morgan fingerprint density at radius 2 is 2.09 bits per heavy atom. The highest BCUT2D eigenvalue weighted by atomic mass is 16.2. The number of nitrogens with one attached hydrogen (secondary N) is 1. The van der Waals surface area contributed by atoms with Crippen LogP contribution >= 0.6 is 0 Å². The quantitative estimate of drug-likeness (QED) is 0.836. The van der Waals surface area contributed by atoms with E-state index >= 15 is 0 Å². The third-order valence-corrected chi connectivity index (χ3v) is 4.26. The minimum Gasteiger partial charge on any atom is -0.369 e. The molecule has 0 bridgehead atoms. The SMILES string of the molecule is Cc1nc2ccc(C(=O)N3CCN(C)CC(C(N)=O)C3)cc2[nH]1. The molecule has 1 fully saturated rings. The maximum Gasteiger partial charge on any atom is 0.253 e. The first-order valence-electron chi connectivity index (χ1n) is 7.67. The summed E-state index contributed by atoms with van der Waals surface area (Å²) in [5, 5.41) is 0. The lowest BCUT2D eigenvalue weighted by molar-refractivity contribution is -0.122. The number of carbonyl (C=O) groups excluding carboxylic acids is 2. The highest BCUT2D eigenvalue weighted by Gasteiger charge is 2.28. The Bertz CT molecular complexity index is 754. The largest absolute Gasteiger partial charge is 0.369 e. The predicted octanol–water partition coefficient (Wildman–Crippen LogP) is 0.360. The number of amides is 2. The molecule has 1 unspecified atom stereocenters. The van der Waals surface area contributed by atoms with Crippen LogP contribution in [-0.4, -0.2) is 64.8 Å². The summed E-state index contributed by atoms with van der Waals surface area (Å²) in [6, 6.07) is 5.42. The smallest absolute Gasteiger partial charge is 0.253 e. The van der Waals surface area contributed by atoms with Crippen LogP contribution in [0.1, 0.15) is 16.2 Å². The topological polar surface area (TPSA) is 95.3 Å². The summed E-state index contributed by atoms with van der Waals surface area (Å²) in [5.41, 5.74) is 7.73. The zero-order valence-corrected chi connectivity index (χ0v) is 13.4. The van der Waals surface area contributed by atoms with Crippen molar-refractivity contribution in [1.29, 1.82) is 0 Å². The maximum absolute atomic E-state index is 12.8.